The van der Waals surface area contributed by atoms with Crippen LogP contribution in [0.5, 0.6) is 0 Å². The molecule has 0 aliphatic carbocycles. The Balaban J connectivity index is 1.39. The van der Waals surface area contributed by atoms with Crippen LogP contribution in [0.4, 0.5) is 11.4 Å². The summed E-state index contributed by atoms with van der Waals surface area (Å²) in [5, 5.41) is 16.6. The van der Waals surface area contributed by atoms with Crippen LogP contribution in [-0.2, 0) is 20.9 Å². The largest absolute Gasteiger partial charge is 0.481 e. The zero-order valence-corrected chi connectivity index (χ0v) is 19.5. The van der Waals surface area contributed by atoms with Crippen LogP contribution in [0.2, 0.25) is 0 Å². The highest BCUT2D eigenvalue weighted by molar-refractivity contribution is 8.00. The summed E-state index contributed by atoms with van der Waals surface area (Å²) < 4.78 is 2.26. The van der Waals surface area contributed by atoms with Gasteiger partial charge in [0.2, 0.25) is 11.8 Å². The second-order valence-corrected chi connectivity index (χ2v) is 8.85. The van der Waals surface area contributed by atoms with Gasteiger partial charge in [-0.05, 0) is 49.4 Å². The fourth-order valence-corrected chi connectivity index (χ4v) is 4.68. The van der Waals surface area contributed by atoms with E-state index >= 15 is 0 Å². The van der Waals surface area contributed by atoms with Crippen molar-refractivity contribution >= 4 is 62.7 Å². The van der Waals surface area contributed by atoms with Crippen molar-refractivity contribution in [3.63, 3.8) is 0 Å². The van der Waals surface area contributed by atoms with Gasteiger partial charge in [0, 0.05) is 51.0 Å². The molecule has 0 atom stereocenters. The number of carboxylic acid groups (broad SMARTS) is 1. The monoisotopic (exact) mass is 475 g/mol. The summed E-state index contributed by atoms with van der Waals surface area (Å²) in [5.41, 5.74) is 3.63. The Morgan fingerprint density at radius 2 is 1.56 bits per heavy atom. The molecule has 0 bridgehead atoms. The first-order chi connectivity index (χ1) is 16.4. The van der Waals surface area contributed by atoms with Crippen molar-refractivity contribution in [3.05, 3.63) is 66.7 Å². The van der Waals surface area contributed by atoms with E-state index in [-0.39, 0.29) is 30.4 Å². The molecule has 7 nitrogen and oxygen atoms in total. The van der Waals surface area contributed by atoms with Crippen LogP contribution in [0.3, 0.4) is 0 Å². The molecule has 1 aromatic heterocycles. The molecule has 0 saturated heterocycles. The zero-order chi connectivity index (χ0) is 24.1. The highest BCUT2D eigenvalue weighted by atomic mass is 32.2. The number of benzene rings is 3. The number of para-hydroxylation sites is 1. The lowest BCUT2D eigenvalue weighted by molar-refractivity contribution is -0.138. The van der Waals surface area contributed by atoms with Crippen molar-refractivity contribution in [1.82, 2.24) is 4.57 Å². The van der Waals surface area contributed by atoms with Crippen molar-refractivity contribution in [2.24, 2.45) is 0 Å². The molecule has 0 fully saturated rings. The van der Waals surface area contributed by atoms with Gasteiger partial charge in [-0.3, -0.25) is 14.4 Å². The average Bonchev–Trinajstić information content (AvgIpc) is 3.15. The van der Waals surface area contributed by atoms with Gasteiger partial charge in [0.1, 0.15) is 0 Å². The molecule has 174 valence electrons. The van der Waals surface area contributed by atoms with Gasteiger partial charge in [-0.25, -0.2) is 0 Å². The molecule has 4 aromatic rings. The molecule has 0 radical (unpaired) electrons. The third-order valence-electron chi connectivity index (χ3n) is 5.43. The van der Waals surface area contributed by atoms with Crippen LogP contribution in [0.25, 0.3) is 21.8 Å². The number of hydrogen-bond donors (Lipinski definition) is 3. The molecule has 0 saturated carbocycles. The van der Waals surface area contributed by atoms with E-state index in [9.17, 15) is 14.4 Å². The summed E-state index contributed by atoms with van der Waals surface area (Å²) in [7, 11) is 0. The summed E-state index contributed by atoms with van der Waals surface area (Å²) in [6, 6.07) is 21.4. The number of hydrogen-bond acceptors (Lipinski definition) is 4. The summed E-state index contributed by atoms with van der Waals surface area (Å²) in [5.74, 6) is -1.28. The topological polar surface area (TPSA) is 100 Å². The lowest BCUT2D eigenvalue weighted by atomic mass is 10.1. The molecule has 3 N–H and O–H groups in total. The third kappa shape index (κ3) is 5.40. The standard InChI is InChI=1S/C26H25N3O4S/c1-2-29-22-9-4-3-8-20(22)21-15-18(10-11-23(21)29)28-25(31)16-34-19-7-5-6-17(14-19)27-24(30)12-13-26(32)33/h3-11,14-15H,2,12-13,16H2,1H3,(H,27,30)(H,28,31)(H,32,33). The number of fused-ring (bicyclic) bond motifs is 3. The Bertz CT molecular complexity index is 1380. The molecule has 0 unspecified atom stereocenters. The SMILES string of the molecule is CCn1c2ccccc2c2cc(NC(=O)CSc3cccc(NC(=O)CCC(=O)O)c3)ccc21. The van der Waals surface area contributed by atoms with Crippen molar-refractivity contribution in [3.8, 4) is 0 Å². The highest BCUT2D eigenvalue weighted by Crippen LogP contribution is 2.31. The maximum atomic E-state index is 12.6. The Kier molecular flexibility index (Phi) is 7.18. The van der Waals surface area contributed by atoms with Crippen LogP contribution in [0.15, 0.2) is 71.6 Å². The van der Waals surface area contributed by atoms with Gasteiger partial charge in [-0.1, -0.05) is 24.3 Å². The molecule has 2 amide bonds. The fourth-order valence-electron chi connectivity index (χ4n) is 3.93. The van der Waals surface area contributed by atoms with E-state index < -0.39 is 5.97 Å². The first-order valence-electron chi connectivity index (χ1n) is 11.0. The van der Waals surface area contributed by atoms with Crippen molar-refractivity contribution in [1.29, 1.82) is 0 Å². The number of aromatic nitrogens is 1. The summed E-state index contributed by atoms with van der Waals surface area (Å²) in [6.45, 7) is 2.99. The molecular weight excluding hydrogens is 450 g/mol. The Hall–Kier alpha value is -3.78. The molecule has 1 heterocycles. The second-order valence-electron chi connectivity index (χ2n) is 7.80. The number of nitrogens with zero attached hydrogens (tertiary/aromatic N) is 1. The number of carbonyl (C=O) groups excluding carboxylic acids is 2. The van der Waals surface area contributed by atoms with Crippen LogP contribution < -0.4 is 10.6 Å². The Morgan fingerprint density at radius 1 is 0.824 bits per heavy atom. The molecule has 8 heteroatoms. The predicted octanol–water partition coefficient (Wildman–Crippen LogP) is 5.35. The molecule has 4 rings (SSSR count). The van der Waals surface area contributed by atoms with E-state index in [1.54, 1.807) is 18.2 Å². The maximum Gasteiger partial charge on any atom is 0.303 e. The predicted molar refractivity (Wildman–Crippen MR) is 136 cm³/mol. The number of aliphatic carboxylic acids is 1. The van der Waals surface area contributed by atoms with E-state index in [1.165, 1.54) is 17.3 Å². The lowest BCUT2D eigenvalue weighted by Crippen LogP contribution is -2.14. The molecular formula is C26H25N3O4S. The highest BCUT2D eigenvalue weighted by Gasteiger charge is 2.11. The summed E-state index contributed by atoms with van der Waals surface area (Å²) >= 11 is 1.36. The fraction of sp³-hybridized carbons (Fsp3) is 0.192. The number of thioether (sulfide) groups is 1. The Morgan fingerprint density at radius 3 is 2.35 bits per heavy atom. The van der Waals surface area contributed by atoms with Crippen LogP contribution in [0, 0.1) is 0 Å². The van der Waals surface area contributed by atoms with E-state index in [0.717, 1.165) is 33.4 Å². The minimum Gasteiger partial charge on any atom is -0.481 e. The van der Waals surface area contributed by atoms with Gasteiger partial charge < -0.3 is 20.3 Å². The average molecular weight is 476 g/mol. The van der Waals surface area contributed by atoms with Crippen LogP contribution in [0.1, 0.15) is 19.8 Å². The number of anilines is 2. The summed E-state index contributed by atoms with van der Waals surface area (Å²) in [6.07, 6.45) is -0.304. The van der Waals surface area contributed by atoms with E-state index in [4.69, 9.17) is 5.11 Å². The van der Waals surface area contributed by atoms with Crippen LogP contribution in [-0.4, -0.2) is 33.2 Å². The Labute approximate surface area is 201 Å². The quantitative estimate of drug-likeness (QED) is 0.283. The van der Waals surface area contributed by atoms with Gasteiger partial charge in [0.05, 0.1) is 12.2 Å². The van der Waals surface area contributed by atoms with Gasteiger partial charge >= 0.3 is 5.97 Å². The molecule has 0 aliphatic rings. The van der Waals surface area contributed by atoms with Crippen molar-refractivity contribution < 1.29 is 19.5 Å². The van der Waals surface area contributed by atoms with E-state index in [1.807, 2.05) is 36.4 Å². The zero-order valence-electron chi connectivity index (χ0n) is 18.7. The van der Waals surface area contributed by atoms with Crippen molar-refractivity contribution in [2.45, 2.75) is 31.2 Å². The van der Waals surface area contributed by atoms with Gasteiger partial charge in [0.25, 0.3) is 0 Å². The van der Waals surface area contributed by atoms with Gasteiger partial charge in [0.15, 0.2) is 0 Å². The number of carboxylic acids is 1. The number of carbonyl (C=O) groups is 3. The van der Waals surface area contributed by atoms with E-state index in [2.05, 4.69) is 34.3 Å². The first-order valence-corrected chi connectivity index (χ1v) is 12.0. The van der Waals surface area contributed by atoms with Crippen molar-refractivity contribution in [2.75, 3.05) is 16.4 Å². The van der Waals surface area contributed by atoms with Crippen LogP contribution >= 0.6 is 11.8 Å². The molecule has 0 spiro atoms. The third-order valence-corrected chi connectivity index (χ3v) is 6.42. The minimum atomic E-state index is -1.01. The molecule has 0 aliphatic heterocycles. The lowest BCUT2D eigenvalue weighted by Gasteiger charge is -2.08. The smallest absolute Gasteiger partial charge is 0.303 e. The minimum absolute atomic E-state index is 0.0869. The molecule has 34 heavy (non-hydrogen) atoms. The normalized spacial score (nSPS) is 11.0. The number of rotatable bonds is 9. The molecule has 3 aromatic carbocycles. The number of amides is 2. The van der Waals surface area contributed by atoms with E-state index in [0.29, 0.717) is 5.69 Å². The number of nitrogens with one attached hydrogen (secondary N) is 2. The number of aryl methyl sites for hydroxylation is 1. The maximum absolute atomic E-state index is 12.6. The second kappa shape index (κ2) is 10.4. The van der Waals surface area contributed by atoms with Gasteiger partial charge in [-0.15, -0.1) is 11.8 Å². The van der Waals surface area contributed by atoms with Gasteiger partial charge in [-0.2, -0.15) is 0 Å². The summed E-state index contributed by atoms with van der Waals surface area (Å²) in [4.78, 5) is 35.9. The first kappa shape index (κ1) is 23.4.